The van der Waals surface area contributed by atoms with Gasteiger partial charge in [-0.25, -0.2) is 4.79 Å². The average Bonchev–Trinajstić information content (AvgIpc) is 3.24. The zero-order valence-corrected chi connectivity index (χ0v) is 22.0. The highest BCUT2D eigenvalue weighted by Gasteiger charge is 2.27. The number of hydrogen-bond donors (Lipinski definition) is 2. The molecule has 10 heteroatoms. The van der Waals surface area contributed by atoms with E-state index < -0.39 is 5.97 Å². The molecule has 8 nitrogen and oxygen atoms in total. The number of nitrogens with zero attached hydrogens (tertiary/aromatic N) is 3. The number of aryl methyl sites for hydroxylation is 2. The Bertz CT molecular complexity index is 1260. The third-order valence-electron chi connectivity index (χ3n) is 5.57. The molecule has 0 bridgehead atoms. The summed E-state index contributed by atoms with van der Waals surface area (Å²) in [7, 11) is 4.64. The van der Waals surface area contributed by atoms with Gasteiger partial charge in [0, 0.05) is 14.1 Å². The molecule has 34 heavy (non-hydrogen) atoms. The Balaban J connectivity index is 1.86. The van der Waals surface area contributed by atoms with Gasteiger partial charge in [0.25, 0.3) is 5.91 Å². The van der Waals surface area contributed by atoms with Crippen LogP contribution >= 0.6 is 23.6 Å². The largest absolute Gasteiger partial charge is 0.465 e. The van der Waals surface area contributed by atoms with Crippen LogP contribution in [0.2, 0.25) is 0 Å². The third kappa shape index (κ3) is 5.13. The minimum Gasteiger partial charge on any atom is -0.465 e. The van der Waals surface area contributed by atoms with Crippen LogP contribution < -0.4 is 10.6 Å². The lowest BCUT2D eigenvalue weighted by Crippen LogP contribution is -2.21. The molecule has 1 aromatic carbocycles. The number of methoxy groups -OCH3 is 1. The Hall–Kier alpha value is -3.24. The molecule has 2 N–H and O–H groups in total. The van der Waals surface area contributed by atoms with Gasteiger partial charge in [-0.15, -0.1) is 11.3 Å². The van der Waals surface area contributed by atoms with Gasteiger partial charge in [0.15, 0.2) is 5.11 Å². The fourth-order valence-corrected chi connectivity index (χ4v) is 5.07. The van der Waals surface area contributed by atoms with Crippen molar-refractivity contribution in [1.82, 2.24) is 14.7 Å². The SMILES string of the molecule is COC(=O)c1c(NC(=S)Nc2c(C)nn(Cc3ccccc3C)c2C)sc(C(=O)N(C)C)c1C. The molecule has 0 atom stereocenters. The summed E-state index contributed by atoms with van der Waals surface area (Å²) >= 11 is 6.72. The first-order valence-electron chi connectivity index (χ1n) is 10.6. The number of hydrogen-bond acceptors (Lipinski definition) is 6. The lowest BCUT2D eigenvalue weighted by Gasteiger charge is -2.12. The Morgan fingerprint density at radius 3 is 2.44 bits per heavy atom. The maximum atomic E-state index is 12.6. The number of rotatable bonds is 6. The Morgan fingerprint density at radius 1 is 1.15 bits per heavy atom. The van der Waals surface area contributed by atoms with E-state index in [2.05, 4.69) is 34.8 Å². The molecule has 3 rings (SSSR count). The fraction of sp³-hybridized carbons (Fsp3) is 0.333. The Morgan fingerprint density at radius 2 is 1.82 bits per heavy atom. The highest BCUT2D eigenvalue weighted by Crippen LogP contribution is 2.34. The van der Waals surface area contributed by atoms with Gasteiger partial charge in [0.2, 0.25) is 0 Å². The number of anilines is 2. The van der Waals surface area contributed by atoms with Crippen LogP contribution in [0.25, 0.3) is 0 Å². The molecular weight excluding hydrogens is 470 g/mol. The second-order valence-electron chi connectivity index (χ2n) is 8.16. The van der Waals surface area contributed by atoms with E-state index in [9.17, 15) is 9.59 Å². The maximum Gasteiger partial charge on any atom is 0.341 e. The van der Waals surface area contributed by atoms with Gasteiger partial charge < -0.3 is 20.3 Å². The van der Waals surface area contributed by atoms with Crippen LogP contribution in [0.4, 0.5) is 10.7 Å². The van der Waals surface area contributed by atoms with Gasteiger partial charge in [-0.2, -0.15) is 5.10 Å². The Labute approximate surface area is 208 Å². The Kier molecular flexibility index (Phi) is 7.73. The van der Waals surface area contributed by atoms with Gasteiger partial charge in [-0.05, 0) is 56.6 Å². The van der Waals surface area contributed by atoms with Crippen LogP contribution in [0.3, 0.4) is 0 Å². The van der Waals surface area contributed by atoms with E-state index in [4.69, 9.17) is 17.0 Å². The van der Waals surface area contributed by atoms with Crippen molar-refractivity contribution in [2.45, 2.75) is 34.2 Å². The van der Waals surface area contributed by atoms with Crippen molar-refractivity contribution in [2.24, 2.45) is 0 Å². The van der Waals surface area contributed by atoms with Gasteiger partial charge in [0.1, 0.15) is 5.00 Å². The minimum atomic E-state index is -0.532. The summed E-state index contributed by atoms with van der Waals surface area (Å²) in [5.74, 6) is -0.723. The molecule has 0 unspecified atom stereocenters. The first kappa shape index (κ1) is 25.4. The molecule has 180 valence electrons. The molecule has 0 saturated heterocycles. The fourth-order valence-electron chi connectivity index (χ4n) is 3.58. The van der Waals surface area contributed by atoms with E-state index in [-0.39, 0.29) is 11.0 Å². The van der Waals surface area contributed by atoms with Crippen molar-refractivity contribution < 1.29 is 14.3 Å². The van der Waals surface area contributed by atoms with Gasteiger partial charge in [0.05, 0.1) is 41.2 Å². The predicted octanol–water partition coefficient (Wildman–Crippen LogP) is 4.52. The number of ether oxygens (including phenoxy) is 1. The maximum absolute atomic E-state index is 12.6. The number of nitrogens with one attached hydrogen (secondary N) is 2. The number of amides is 1. The van der Waals surface area contributed by atoms with Crippen LogP contribution in [0.15, 0.2) is 24.3 Å². The molecule has 2 aromatic heterocycles. The lowest BCUT2D eigenvalue weighted by atomic mass is 10.1. The summed E-state index contributed by atoms with van der Waals surface area (Å²) in [6, 6.07) is 8.20. The second kappa shape index (κ2) is 10.4. The van der Waals surface area contributed by atoms with Crippen molar-refractivity contribution in [3.63, 3.8) is 0 Å². The molecule has 3 aromatic rings. The average molecular weight is 500 g/mol. The minimum absolute atomic E-state index is 0.191. The predicted molar refractivity (Wildman–Crippen MR) is 140 cm³/mol. The highest BCUT2D eigenvalue weighted by molar-refractivity contribution is 7.80. The molecule has 0 aliphatic heterocycles. The third-order valence-corrected chi connectivity index (χ3v) is 6.96. The van der Waals surface area contributed by atoms with E-state index in [1.165, 1.54) is 34.5 Å². The number of esters is 1. The van der Waals surface area contributed by atoms with Crippen molar-refractivity contribution in [3.05, 3.63) is 62.8 Å². The van der Waals surface area contributed by atoms with Crippen molar-refractivity contribution in [2.75, 3.05) is 31.8 Å². The molecule has 0 spiro atoms. The standard InChI is InChI=1S/C24H29N5O3S2/c1-13-10-8-9-11-17(13)12-29-16(4)19(15(3)27-29)25-24(33)26-21-18(23(31)32-7)14(2)20(34-21)22(30)28(5)6/h8-11H,12H2,1-7H3,(H2,25,26,33). The molecule has 0 radical (unpaired) electrons. The van der Waals surface area contributed by atoms with Gasteiger partial charge in [-0.1, -0.05) is 24.3 Å². The quantitative estimate of drug-likeness (QED) is 0.381. The zero-order chi connectivity index (χ0) is 25.2. The molecule has 0 aliphatic rings. The van der Waals surface area contributed by atoms with E-state index >= 15 is 0 Å². The topological polar surface area (TPSA) is 88.5 Å². The van der Waals surface area contributed by atoms with Gasteiger partial charge in [-0.3, -0.25) is 9.48 Å². The molecule has 2 heterocycles. The van der Waals surface area contributed by atoms with Crippen LogP contribution in [0.5, 0.6) is 0 Å². The highest BCUT2D eigenvalue weighted by atomic mass is 32.1. The lowest BCUT2D eigenvalue weighted by molar-refractivity contribution is 0.0601. The van der Waals surface area contributed by atoms with Crippen LogP contribution in [0.1, 0.15) is 48.1 Å². The summed E-state index contributed by atoms with van der Waals surface area (Å²) in [5, 5.41) is 11.7. The molecule has 0 saturated carbocycles. The molecule has 1 amide bonds. The van der Waals surface area contributed by atoms with E-state index in [0.29, 0.717) is 27.5 Å². The summed E-state index contributed by atoms with van der Waals surface area (Å²) in [4.78, 5) is 27.0. The molecular formula is C24H29N5O3S2. The van der Waals surface area contributed by atoms with E-state index in [1.807, 2.05) is 30.7 Å². The van der Waals surface area contributed by atoms with Crippen LogP contribution in [-0.4, -0.2) is 52.9 Å². The van der Waals surface area contributed by atoms with Crippen molar-refractivity contribution in [3.8, 4) is 0 Å². The van der Waals surface area contributed by atoms with Crippen molar-refractivity contribution in [1.29, 1.82) is 0 Å². The molecule has 0 aliphatic carbocycles. The summed E-state index contributed by atoms with van der Waals surface area (Å²) in [5.41, 5.74) is 5.77. The number of aromatic nitrogens is 2. The summed E-state index contributed by atoms with van der Waals surface area (Å²) in [6.45, 7) is 8.34. The van der Waals surface area contributed by atoms with Gasteiger partial charge >= 0.3 is 5.97 Å². The van der Waals surface area contributed by atoms with Crippen LogP contribution in [0, 0.1) is 27.7 Å². The first-order valence-corrected chi connectivity index (χ1v) is 11.9. The number of carbonyl (C=O) groups excluding carboxylic acids is 2. The monoisotopic (exact) mass is 499 g/mol. The number of benzene rings is 1. The zero-order valence-electron chi connectivity index (χ0n) is 20.4. The number of thiocarbonyl (C=S) groups is 1. The molecule has 0 fully saturated rings. The second-order valence-corrected chi connectivity index (χ2v) is 9.59. The summed E-state index contributed by atoms with van der Waals surface area (Å²) in [6.07, 6.45) is 0. The summed E-state index contributed by atoms with van der Waals surface area (Å²) < 4.78 is 6.88. The normalized spacial score (nSPS) is 10.7. The first-order chi connectivity index (χ1) is 16.0. The van der Waals surface area contributed by atoms with E-state index in [1.54, 1.807) is 21.0 Å². The van der Waals surface area contributed by atoms with Crippen LogP contribution in [-0.2, 0) is 11.3 Å². The van der Waals surface area contributed by atoms with E-state index in [0.717, 1.165) is 17.1 Å². The number of thiophene rings is 1. The smallest absolute Gasteiger partial charge is 0.341 e. The van der Waals surface area contributed by atoms with Crippen molar-refractivity contribution >= 4 is 51.2 Å². The number of carbonyl (C=O) groups is 2.